The van der Waals surface area contributed by atoms with Gasteiger partial charge in [0.25, 0.3) is 0 Å². The Morgan fingerprint density at radius 3 is 2.60 bits per heavy atom. The highest BCUT2D eigenvalue weighted by Crippen LogP contribution is 2.35. The van der Waals surface area contributed by atoms with E-state index in [0.717, 1.165) is 38.1 Å². The van der Waals surface area contributed by atoms with Crippen LogP contribution in [0.2, 0.25) is 0 Å². The zero-order chi connectivity index (χ0) is 14.6. The van der Waals surface area contributed by atoms with Gasteiger partial charge in [0.05, 0.1) is 6.07 Å². The number of hydrogen-bond donors (Lipinski definition) is 1. The first-order valence-electron chi connectivity index (χ1n) is 8.11. The van der Waals surface area contributed by atoms with Crippen LogP contribution in [0.25, 0.3) is 0 Å². The van der Waals surface area contributed by atoms with Gasteiger partial charge in [0.2, 0.25) is 0 Å². The van der Waals surface area contributed by atoms with Gasteiger partial charge in [-0.3, -0.25) is 0 Å². The van der Waals surface area contributed by atoms with Crippen molar-refractivity contribution in [1.82, 2.24) is 9.80 Å². The van der Waals surface area contributed by atoms with E-state index in [-0.39, 0.29) is 0 Å². The Morgan fingerprint density at radius 2 is 2.00 bits per heavy atom. The van der Waals surface area contributed by atoms with Crippen LogP contribution in [0.4, 0.5) is 0 Å². The van der Waals surface area contributed by atoms with Crippen molar-refractivity contribution in [1.29, 1.82) is 5.26 Å². The van der Waals surface area contributed by atoms with Gasteiger partial charge in [0, 0.05) is 6.54 Å². The van der Waals surface area contributed by atoms with E-state index in [1.807, 2.05) is 0 Å². The maximum absolute atomic E-state index is 9.26. The minimum atomic E-state index is -0.538. The van der Waals surface area contributed by atoms with Crippen molar-refractivity contribution < 1.29 is 0 Å². The maximum atomic E-state index is 9.26. The highest BCUT2D eigenvalue weighted by molar-refractivity contribution is 5.11. The molecule has 2 unspecified atom stereocenters. The lowest BCUT2D eigenvalue weighted by Crippen LogP contribution is -2.44. The highest BCUT2D eigenvalue weighted by atomic mass is 15.1. The molecule has 2 fully saturated rings. The van der Waals surface area contributed by atoms with Crippen molar-refractivity contribution >= 4 is 0 Å². The minimum Gasteiger partial charge on any atom is -0.313 e. The van der Waals surface area contributed by atoms with Gasteiger partial charge in [-0.15, -0.1) is 0 Å². The van der Waals surface area contributed by atoms with Crippen LogP contribution in [0, 0.1) is 23.2 Å². The first-order chi connectivity index (χ1) is 9.53. The van der Waals surface area contributed by atoms with E-state index in [2.05, 4.69) is 30.0 Å². The molecule has 2 N–H and O–H groups in total. The summed E-state index contributed by atoms with van der Waals surface area (Å²) in [6, 6.07) is 2.36. The maximum Gasteiger partial charge on any atom is 0.107 e. The third-order valence-electron chi connectivity index (χ3n) is 5.20. The van der Waals surface area contributed by atoms with Crippen LogP contribution in [0.3, 0.4) is 0 Å². The van der Waals surface area contributed by atoms with Crippen molar-refractivity contribution in [3.8, 4) is 6.07 Å². The SMILES string of the molecule is CN(C)CC1CCN(CCC2CCCC2(N)C#N)CC1. The molecular weight excluding hydrogens is 248 g/mol. The van der Waals surface area contributed by atoms with Crippen molar-refractivity contribution in [2.24, 2.45) is 17.6 Å². The van der Waals surface area contributed by atoms with E-state index < -0.39 is 5.54 Å². The fourth-order valence-electron chi connectivity index (χ4n) is 3.90. The Bertz CT molecular complexity index is 341. The molecule has 0 aromatic heterocycles. The molecule has 1 saturated carbocycles. The molecule has 0 aromatic carbocycles. The first-order valence-corrected chi connectivity index (χ1v) is 8.11. The number of nitrogens with two attached hydrogens (primary N) is 1. The summed E-state index contributed by atoms with van der Waals surface area (Å²) in [6.07, 6.45) is 6.88. The smallest absolute Gasteiger partial charge is 0.107 e. The van der Waals surface area contributed by atoms with Crippen molar-refractivity contribution in [2.75, 3.05) is 40.3 Å². The molecule has 0 bridgehead atoms. The fourth-order valence-corrected chi connectivity index (χ4v) is 3.90. The molecule has 0 radical (unpaired) electrons. The minimum absolute atomic E-state index is 0.409. The number of piperidine rings is 1. The van der Waals surface area contributed by atoms with Crippen LogP contribution in [-0.4, -0.2) is 55.6 Å². The second-order valence-electron chi connectivity index (χ2n) is 7.08. The zero-order valence-corrected chi connectivity index (χ0v) is 13.1. The number of likely N-dealkylation sites (tertiary alicyclic amines) is 1. The van der Waals surface area contributed by atoms with Gasteiger partial charge >= 0.3 is 0 Å². The molecule has 1 saturated heterocycles. The summed E-state index contributed by atoms with van der Waals surface area (Å²) in [6.45, 7) is 4.78. The topological polar surface area (TPSA) is 56.3 Å². The molecule has 4 nitrogen and oxygen atoms in total. The van der Waals surface area contributed by atoms with E-state index in [1.165, 1.54) is 32.5 Å². The lowest BCUT2D eigenvalue weighted by Gasteiger charge is -2.34. The number of hydrogen-bond acceptors (Lipinski definition) is 4. The number of nitriles is 1. The molecule has 114 valence electrons. The predicted molar refractivity (Wildman–Crippen MR) is 82.2 cm³/mol. The highest BCUT2D eigenvalue weighted by Gasteiger charge is 2.39. The molecular formula is C16H30N4. The Morgan fingerprint density at radius 1 is 1.30 bits per heavy atom. The third kappa shape index (κ3) is 3.94. The van der Waals surface area contributed by atoms with Crippen LogP contribution in [-0.2, 0) is 0 Å². The molecule has 0 aromatic rings. The van der Waals surface area contributed by atoms with Crippen LogP contribution in [0.15, 0.2) is 0 Å². The monoisotopic (exact) mass is 278 g/mol. The van der Waals surface area contributed by atoms with Gasteiger partial charge in [-0.2, -0.15) is 5.26 Å². The Kier molecular flexibility index (Phi) is 5.42. The van der Waals surface area contributed by atoms with Gasteiger partial charge in [-0.25, -0.2) is 0 Å². The van der Waals surface area contributed by atoms with Gasteiger partial charge in [0.15, 0.2) is 0 Å². The van der Waals surface area contributed by atoms with Crippen molar-refractivity contribution in [2.45, 2.75) is 44.1 Å². The van der Waals surface area contributed by atoms with Gasteiger partial charge in [-0.1, -0.05) is 6.42 Å². The van der Waals surface area contributed by atoms with E-state index in [1.54, 1.807) is 0 Å². The summed E-state index contributed by atoms with van der Waals surface area (Å²) >= 11 is 0. The van der Waals surface area contributed by atoms with E-state index in [0.29, 0.717) is 5.92 Å². The predicted octanol–water partition coefficient (Wildman–Crippen LogP) is 1.67. The zero-order valence-electron chi connectivity index (χ0n) is 13.1. The normalized spacial score (nSPS) is 32.6. The van der Waals surface area contributed by atoms with Gasteiger partial charge in [0.1, 0.15) is 5.54 Å². The van der Waals surface area contributed by atoms with Crippen LogP contribution < -0.4 is 5.73 Å². The molecule has 2 aliphatic rings. The van der Waals surface area contributed by atoms with Gasteiger partial charge in [-0.05, 0) is 77.7 Å². The molecule has 1 aliphatic carbocycles. The Labute approximate surface area is 123 Å². The van der Waals surface area contributed by atoms with Crippen LogP contribution in [0.1, 0.15) is 38.5 Å². The largest absolute Gasteiger partial charge is 0.313 e. The summed E-state index contributed by atoms with van der Waals surface area (Å²) in [5.74, 6) is 1.27. The fraction of sp³-hybridized carbons (Fsp3) is 0.938. The molecule has 1 heterocycles. The number of nitrogens with zero attached hydrogens (tertiary/aromatic N) is 3. The summed E-state index contributed by atoms with van der Waals surface area (Å²) in [5.41, 5.74) is 5.67. The van der Waals surface area contributed by atoms with Crippen LogP contribution in [0.5, 0.6) is 0 Å². The second-order valence-corrected chi connectivity index (χ2v) is 7.08. The quantitative estimate of drug-likeness (QED) is 0.831. The summed E-state index contributed by atoms with van der Waals surface area (Å²) < 4.78 is 0. The average Bonchev–Trinajstić information content (AvgIpc) is 2.79. The Balaban J connectivity index is 1.70. The van der Waals surface area contributed by atoms with Gasteiger partial charge < -0.3 is 15.5 Å². The summed E-state index contributed by atoms with van der Waals surface area (Å²) in [5, 5.41) is 9.26. The molecule has 1 aliphatic heterocycles. The summed E-state index contributed by atoms with van der Waals surface area (Å²) in [4.78, 5) is 4.87. The van der Waals surface area contributed by atoms with E-state index >= 15 is 0 Å². The number of rotatable bonds is 5. The van der Waals surface area contributed by atoms with Crippen LogP contribution >= 0.6 is 0 Å². The van der Waals surface area contributed by atoms with Crippen molar-refractivity contribution in [3.05, 3.63) is 0 Å². The Hall–Kier alpha value is -0.630. The average molecular weight is 278 g/mol. The lowest BCUT2D eigenvalue weighted by atomic mass is 9.86. The molecule has 4 heteroatoms. The molecule has 2 atom stereocenters. The molecule has 2 rings (SSSR count). The summed E-state index contributed by atoms with van der Waals surface area (Å²) in [7, 11) is 4.32. The lowest BCUT2D eigenvalue weighted by molar-refractivity contribution is 0.151. The van der Waals surface area contributed by atoms with E-state index in [9.17, 15) is 5.26 Å². The molecule has 20 heavy (non-hydrogen) atoms. The second kappa shape index (κ2) is 6.89. The van der Waals surface area contributed by atoms with E-state index in [4.69, 9.17) is 5.73 Å². The first kappa shape index (κ1) is 15.8. The third-order valence-corrected chi connectivity index (χ3v) is 5.20. The standard InChI is InChI=1S/C16H30N4/c1-19(2)12-14-5-9-20(10-6-14)11-7-15-4-3-8-16(15,18)13-17/h14-15H,3-12,18H2,1-2H3. The van der Waals surface area contributed by atoms with Crippen molar-refractivity contribution in [3.63, 3.8) is 0 Å². The molecule has 0 amide bonds. The molecule has 0 spiro atoms.